The summed E-state index contributed by atoms with van der Waals surface area (Å²) in [6, 6.07) is 12.7. The minimum atomic E-state index is -0.106. The smallest absolute Gasteiger partial charge is 0.229 e. The van der Waals surface area contributed by atoms with Gasteiger partial charge in [-0.15, -0.1) is 0 Å². The van der Waals surface area contributed by atoms with Gasteiger partial charge in [0, 0.05) is 19.5 Å². The molecule has 2 aromatic carbocycles. The summed E-state index contributed by atoms with van der Waals surface area (Å²) in [5.41, 5.74) is 2.41. The Morgan fingerprint density at radius 2 is 2.00 bits per heavy atom. The zero-order valence-corrected chi connectivity index (χ0v) is 13.5. The maximum atomic E-state index is 12.5. The summed E-state index contributed by atoms with van der Waals surface area (Å²) in [5.74, 6) is 0.233. The number of fused-ring (bicyclic) bond motifs is 1. The lowest BCUT2D eigenvalue weighted by atomic mass is 10.1. The molecule has 0 unspecified atom stereocenters. The fraction of sp³-hybridized carbons (Fsp3) is 0.0625. The van der Waals surface area contributed by atoms with Gasteiger partial charge in [0.15, 0.2) is 5.76 Å². The van der Waals surface area contributed by atoms with Gasteiger partial charge in [-0.3, -0.25) is 4.79 Å². The molecular formula is C16H10ClIO2. The van der Waals surface area contributed by atoms with Crippen LogP contribution in [0.2, 0.25) is 5.02 Å². The number of aryl methyl sites for hydroxylation is 1. The van der Waals surface area contributed by atoms with E-state index >= 15 is 0 Å². The molecule has 0 saturated carbocycles. The topological polar surface area (TPSA) is 30.2 Å². The molecule has 4 heteroatoms. The van der Waals surface area contributed by atoms with Crippen LogP contribution in [0.25, 0.3) is 11.0 Å². The molecule has 1 aromatic heterocycles. The molecule has 0 spiro atoms. The maximum absolute atomic E-state index is 12.5. The van der Waals surface area contributed by atoms with Gasteiger partial charge in [-0.2, -0.15) is 0 Å². The molecule has 0 aliphatic carbocycles. The molecule has 0 aliphatic rings. The lowest BCUT2D eigenvalue weighted by molar-refractivity contribution is 0.101. The molecule has 0 saturated heterocycles. The number of halogens is 2. The maximum Gasteiger partial charge on any atom is 0.229 e. The fourth-order valence-electron chi connectivity index (χ4n) is 2.08. The van der Waals surface area contributed by atoms with Crippen LogP contribution in [0, 0.1) is 10.5 Å². The Labute approximate surface area is 134 Å². The summed E-state index contributed by atoms with van der Waals surface area (Å²) >= 11 is 8.13. The number of benzene rings is 2. The fourth-order valence-corrected chi connectivity index (χ4v) is 2.87. The first-order chi connectivity index (χ1) is 9.56. The average Bonchev–Trinajstić information content (AvgIpc) is 2.84. The van der Waals surface area contributed by atoms with Gasteiger partial charge in [0.05, 0.1) is 0 Å². The van der Waals surface area contributed by atoms with E-state index in [9.17, 15) is 4.79 Å². The van der Waals surface area contributed by atoms with Crippen molar-refractivity contribution in [2.75, 3.05) is 0 Å². The van der Waals surface area contributed by atoms with E-state index < -0.39 is 0 Å². The van der Waals surface area contributed by atoms with Crippen molar-refractivity contribution in [2.24, 2.45) is 0 Å². The van der Waals surface area contributed by atoms with E-state index in [1.54, 1.807) is 24.3 Å². The van der Waals surface area contributed by atoms with Crippen molar-refractivity contribution in [3.63, 3.8) is 0 Å². The summed E-state index contributed by atoms with van der Waals surface area (Å²) in [5, 5.41) is 1.46. The van der Waals surface area contributed by atoms with Crippen LogP contribution in [0.3, 0.4) is 0 Å². The molecule has 3 aromatic rings. The van der Waals surface area contributed by atoms with Crippen LogP contribution >= 0.6 is 34.2 Å². The van der Waals surface area contributed by atoms with Gasteiger partial charge >= 0.3 is 0 Å². The highest BCUT2D eigenvalue weighted by molar-refractivity contribution is 14.1. The van der Waals surface area contributed by atoms with Crippen molar-refractivity contribution in [1.82, 2.24) is 0 Å². The number of hydrogen-bond acceptors (Lipinski definition) is 2. The van der Waals surface area contributed by atoms with Crippen LogP contribution in [0.5, 0.6) is 0 Å². The first-order valence-electron chi connectivity index (χ1n) is 6.05. The highest BCUT2D eigenvalue weighted by atomic mass is 127. The standard InChI is InChI=1S/C16H10ClIO2/c1-9-3-2-4-12(15(9)18)16(19)14-8-10-7-11(17)5-6-13(10)20-14/h2-8H,1H3. The monoisotopic (exact) mass is 396 g/mol. The van der Waals surface area contributed by atoms with Gasteiger partial charge in [0.25, 0.3) is 0 Å². The molecule has 0 N–H and O–H groups in total. The van der Waals surface area contributed by atoms with Gasteiger partial charge in [-0.05, 0) is 65.4 Å². The summed E-state index contributed by atoms with van der Waals surface area (Å²) in [4.78, 5) is 12.5. The average molecular weight is 397 g/mol. The Bertz CT molecular complexity index is 820. The molecule has 1 heterocycles. The first kappa shape index (κ1) is 13.6. The zero-order valence-electron chi connectivity index (χ0n) is 10.6. The Morgan fingerprint density at radius 3 is 2.80 bits per heavy atom. The second kappa shape index (κ2) is 5.22. The summed E-state index contributed by atoms with van der Waals surface area (Å²) < 4.78 is 6.57. The van der Waals surface area contributed by atoms with Crippen LogP contribution in [0.4, 0.5) is 0 Å². The normalized spacial score (nSPS) is 10.9. The van der Waals surface area contributed by atoms with Crippen LogP contribution in [-0.4, -0.2) is 5.78 Å². The Morgan fingerprint density at radius 1 is 1.20 bits per heavy atom. The van der Waals surface area contributed by atoms with Gasteiger partial charge in [-0.1, -0.05) is 23.7 Å². The Balaban J connectivity index is 2.10. The van der Waals surface area contributed by atoms with Gasteiger partial charge in [0.1, 0.15) is 5.58 Å². The molecule has 0 atom stereocenters. The van der Waals surface area contributed by atoms with Crippen molar-refractivity contribution in [2.45, 2.75) is 6.92 Å². The predicted octanol–water partition coefficient (Wildman–Crippen LogP) is 5.23. The number of rotatable bonds is 2. The SMILES string of the molecule is Cc1cccc(C(=O)c2cc3cc(Cl)ccc3o2)c1I. The van der Waals surface area contributed by atoms with Gasteiger partial charge < -0.3 is 4.42 Å². The molecule has 0 aliphatic heterocycles. The lowest BCUT2D eigenvalue weighted by Gasteiger charge is -2.03. The van der Waals surface area contributed by atoms with Crippen molar-refractivity contribution in [3.05, 3.63) is 67.9 Å². The van der Waals surface area contributed by atoms with Crippen molar-refractivity contribution >= 4 is 50.9 Å². The van der Waals surface area contributed by atoms with Crippen LogP contribution < -0.4 is 0 Å². The number of furan rings is 1. The number of hydrogen-bond donors (Lipinski definition) is 0. The Kier molecular flexibility index (Phi) is 3.56. The Hall–Kier alpha value is -1.33. The molecule has 100 valence electrons. The molecule has 0 radical (unpaired) electrons. The minimum Gasteiger partial charge on any atom is -0.453 e. The van der Waals surface area contributed by atoms with Crippen LogP contribution in [0.1, 0.15) is 21.7 Å². The molecule has 20 heavy (non-hydrogen) atoms. The number of carbonyl (C=O) groups is 1. The van der Waals surface area contributed by atoms with E-state index in [4.69, 9.17) is 16.0 Å². The second-order valence-electron chi connectivity index (χ2n) is 4.56. The molecule has 0 bridgehead atoms. The minimum absolute atomic E-state index is 0.106. The lowest BCUT2D eigenvalue weighted by Crippen LogP contribution is -2.03. The van der Waals surface area contributed by atoms with Gasteiger partial charge in [0.2, 0.25) is 5.78 Å². The van der Waals surface area contributed by atoms with Gasteiger partial charge in [-0.25, -0.2) is 0 Å². The summed E-state index contributed by atoms with van der Waals surface area (Å²) in [6.07, 6.45) is 0. The number of carbonyl (C=O) groups excluding carboxylic acids is 1. The zero-order chi connectivity index (χ0) is 14.3. The van der Waals surface area contributed by atoms with E-state index in [2.05, 4.69) is 22.6 Å². The van der Waals surface area contributed by atoms with E-state index in [1.807, 2.05) is 25.1 Å². The molecule has 3 rings (SSSR count). The van der Waals surface area contributed by atoms with E-state index in [0.29, 0.717) is 21.9 Å². The van der Waals surface area contributed by atoms with Crippen molar-refractivity contribution in [3.8, 4) is 0 Å². The molecule has 0 fully saturated rings. The van der Waals surface area contributed by atoms with Crippen molar-refractivity contribution < 1.29 is 9.21 Å². The first-order valence-corrected chi connectivity index (χ1v) is 7.51. The molecular weight excluding hydrogens is 387 g/mol. The van der Waals surface area contributed by atoms with Crippen LogP contribution in [-0.2, 0) is 0 Å². The number of ketones is 1. The van der Waals surface area contributed by atoms with E-state index in [1.165, 1.54) is 0 Å². The highest BCUT2D eigenvalue weighted by Crippen LogP contribution is 2.26. The molecule has 0 amide bonds. The quantitative estimate of drug-likeness (QED) is 0.438. The summed E-state index contributed by atoms with van der Waals surface area (Å²) in [7, 11) is 0. The van der Waals surface area contributed by atoms with Crippen LogP contribution in [0.15, 0.2) is 46.9 Å². The van der Waals surface area contributed by atoms with E-state index in [0.717, 1.165) is 14.5 Å². The highest BCUT2D eigenvalue weighted by Gasteiger charge is 2.17. The third-order valence-corrected chi connectivity index (χ3v) is 4.81. The van der Waals surface area contributed by atoms with Crippen molar-refractivity contribution in [1.29, 1.82) is 0 Å². The summed E-state index contributed by atoms with van der Waals surface area (Å²) in [6.45, 7) is 1.98. The molecule has 2 nitrogen and oxygen atoms in total. The predicted molar refractivity (Wildman–Crippen MR) is 88.6 cm³/mol. The third kappa shape index (κ3) is 2.36. The second-order valence-corrected chi connectivity index (χ2v) is 6.07. The third-order valence-electron chi connectivity index (χ3n) is 3.14. The largest absolute Gasteiger partial charge is 0.453 e. The van der Waals surface area contributed by atoms with E-state index in [-0.39, 0.29) is 5.78 Å².